The standard InChI is InChI=1S/C6H9BrN2OS/c1-6(10,3-8)5-9-2-4(7)11-5/h2,10H,3,8H2,1H3. The number of nitrogens with zero attached hydrogens (tertiary/aromatic N) is 1. The van der Waals surface area contributed by atoms with Crippen molar-refractivity contribution in [2.45, 2.75) is 12.5 Å². The Labute approximate surface area is 77.4 Å². The van der Waals surface area contributed by atoms with E-state index >= 15 is 0 Å². The molecule has 1 aromatic heterocycles. The first-order chi connectivity index (χ1) is 5.06. The molecule has 3 N–H and O–H groups in total. The van der Waals surface area contributed by atoms with Gasteiger partial charge < -0.3 is 10.8 Å². The van der Waals surface area contributed by atoms with E-state index in [2.05, 4.69) is 20.9 Å². The molecule has 0 saturated heterocycles. The molecule has 1 aromatic rings. The molecule has 1 heterocycles. The summed E-state index contributed by atoms with van der Waals surface area (Å²) in [5.41, 5.74) is 4.36. The Hall–Kier alpha value is 0.0300. The Bertz CT molecular complexity index is 248. The van der Waals surface area contributed by atoms with E-state index in [1.807, 2.05) is 0 Å². The van der Waals surface area contributed by atoms with Gasteiger partial charge in [0.1, 0.15) is 10.6 Å². The fourth-order valence-corrected chi connectivity index (χ4v) is 1.85. The van der Waals surface area contributed by atoms with Gasteiger partial charge in [0, 0.05) is 6.54 Å². The second kappa shape index (κ2) is 3.18. The molecule has 0 spiro atoms. The van der Waals surface area contributed by atoms with Gasteiger partial charge in [-0.25, -0.2) is 4.98 Å². The van der Waals surface area contributed by atoms with Crippen LogP contribution in [0, 0.1) is 0 Å². The Morgan fingerprint density at radius 1 is 1.91 bits per heavy atom. The van der Waals surface area contributed by atoms with Gasteiger partial charge >= 0.3 is 0 Å². The third kappa shape index (κ3) is 1.99. The predicted molar refractivity (Wildman–Crippen MR) is 48.4 cm³/mol. The predicted octanol–water partition coefficient (Wildman–Crippen LogP) is 1.07. The van der Waals surface area contributed by atoms with Crippen LogP contribution in [0.5, 0.6) is 0 Å². The summed E-state index contributed by atoms with van der Waals surface area (Å²) in [6.45, 7) is 1.84. The van der Waals surface area contributed by atoms with Crippen LogP contribution >= 0.6 is 27.3 Å². The third-order valence-electron chi connectivity index (χ3n) is 1.34. The van der Waals surface area contributed by atoms with Crippen molar-refractivity contribution in [1.82, 2.24) is 4.98 Å². The Balaban J connectivity index is 2.92. The lowest BCUT2D eigenvalue weighted by atomic mass is 10.1. The summed E-state index contributed by atoms with van der Waals surface area (Å²) in [4.78, 5) is 4.00. The quantitative estimate of drug-likeness (QED) is 0.808. The fraction of sp³-hybridized carbons (Fsp3) is 0.500. The van der Waals surface area contributed by atoms with Crippen molar-refractivity contribution in [1.29, 1.82) is 0 Å². The van der Waals surface area contributed by atoms with Crippen molar-refractivity contribution >= 4 is 27.3 Å². The molecular formula is C6H9BrN2OS. The van der Waals surface area contributed by atoms with E-state index in [9.17, 15) is 5.11 Å². The molecule has 0 saturated carbocycles. The first-order valence-electron chi connectivity index (χ1n) is 3.10. The molecule has 3 nitrogen and oxygen atoms in total. The van der Waals surface area contributed by atoms with Crippen molar-refractivity contribution in [3.8, 4) is 0 Å². The zero-order chi connectivity index (χ0) is 8.48. The summed E-state index contributed by atoms with van der Waals surface area (Å²) in [5.74, 6) is 0. The molecule has 0 aliphatic heterocycles. The molecule has 0 aromatic carbocycles. The van der Waals surface area contributed by atoms with E-state index in [0.29, 0.717) is 5.01 Å². The number of aliphatic hydroxyl groups is 1. The van der Waals surface area contributed by atoms with E-state index < -0.39 is 5.60 Å². The molecule has 0 aliphatic carbocycles. The summed E-state index contributed by atoms with van der Waals surface area (Å²) in [5, 5.41) is 10.3. The number of halogens is 1. The normalized spacial score (nSPS) is 16.4. The lowest BCUT2D eigenvalue weighted by molar-refractivity contribution is 0.0665. The maximum Gasteiger partial charge on any atom is 0.126 e. The second-order valence-corrected chi connectivity index (χ2v) is 4.86. The summed E-state index contributed by atoms with van der Waals surface area (Å²) in [6, 6.07) is 0. The number of rotatable bonds is 2. The molecule has 5 heteroatoms. The van der Waals surface area contributed by atoms with Crippen LogP contribution in [-0.4, -0.2) is 16.6 Å². The fourth-order valence-electron chi connectivity index (χ4n) is 0.591. The summed E-state index contributed by atoms with van der Waals surface area (Å²) >= 11 is 4.65. The highest BCUT2D eigenvalue weighted by atomic mass is 79.9. The van der Waals surface area contributed by atoms with Gasteiger partial charge in [0.2, 0.25) is 0 Å². The van der Waals surface area contributed by atoms with Crippen LogP contribution in [0.1, 0.15) is 11.9 Å². The number of hydrogen-bond acceptors (Lipinski definition) is 4. The minimum Gasteiger partial charge on any atom is -0.382 e. The van der Waals surface area contributed by atoms with Crippen LogP contribution in [0.25, 0.3) is 0 Å². The van der Waals surface area contributed by atoms with Crippen molar-refractivity contribution in [3.05, 3.63) is 15.0 Å². The molecule has 1 atom stereocenters. The van der Waals surface area contributed by atoms with Crippen molar-refractivity contribution < 1.29 is 5.11 Å². The van der Waals surface area contributed by atoms with Gasteiger partial charge in [-0.15, -0.1) is 11.3 Å². The molecule has 0 bridgehead atoms. The lowest BCUT2D eigenvalue weighted by Gasteiger charge is -2.16. The average molecular weight is 237 g/mol. The molecule has 0 radical (unpaired) electrons. The van der Waals surface area contributed by atoms with Crippen molar-refractivity contribution in [2.75, 3.05) is 6.54 Å². The summed E-state index contributed by atoms with van der Waals surface area (Å²) in [7, 11) is 0. The number of nitrogens with two attached hydrogens (primary N) is 1. The minimum atomic E-state index is -0.989. The van der Waals surface area contributed by atoms with Crippen LogP contribution in [0.3, 0.4) is 0 Å². The highest BCUT2D eigenvalue weighted by Crippen LogP contribution is 2.27. The smallest absolute Gasteiger partial charge is 0.126 e. The topological polar surface area (TPSA) is 59.1 Å². The number of hydrogen-bond donors (Lipinski definition) is 2. The summed E-state index contributed by atoms with van der Waals surface area (Å²) < 4.78 is 0.904. The Morgan fingerprint density at radius 2 is 2.55 bits per heavy atom. The van der Waals surface area contributed by atoms with Crippen LogP contribution < -0.4 is 5.73 Å². The van der Waals surface area contributed by atoms with Gasteiger partial charge in [0.05, 0.1) is 9.98 Å². The van der Waals surface area contributed by atoms with Gasteiger partial charge in [-0.05, 0) is 22.9 Å². The van der Waals surface area contributed by atoms with Crippen LogP contribution in [0.4, 0.5) is 0 Å². The second-order valence-electron chi connectivity index (χ2n) is 2.45. The van der Waals surface area contributed by atoms with E-state index in [1.54, 1.807) is 13.1 Å². The molecule has 62 valence electrons. The Kier molecular flexibility index (Phi) is 2.64. The van der Waals surface area contributed by atoms with Crippen molar-refractivity contribution in [3.63, 3.8) is 0 Å². The van der Waals surface area contributed by atoms with Crippen LogP contribution in [0.2, 0.25) is 0 Å². The first kappa shape index (κ1) is 9.12. The maximum atomic E-state index is 9.61. The third-order valence-corrected chi connectivity index (χ3v) is 3.06. The zero-order valence-corrected chi connectivity index (χ0v) is 8.44. The monoisotopic (exact) mass is 236 g/mol. The van der Waals surface area contributed by atoms with Gasteiger partial charge in [-0.2, -0.15) is 0 Å². The minimum absolute atomic E-state index is 0.187. The number of thiazole rings is 1. The molecule has 1 rings (SSSR count). The highest BCUT2D eigenvalue weighted by Gasteiger charge is 2.24. The molecule has 0 fully saturated rings. The summed E-state index contributed by atoms with van der Waals surface area (Å²) in [6.07, 6.45) is 1.66. The molecular weight excluding hydrogens is 228 g/mol. The largest absolute Gasteiger partial charge is 0.382 e. The van der Waals surface area contributed by atoms with E-state index in [0.717, 1.165) is 3.79 Å². The zero-order valence-electron chi connectivity index (χ0n) is 6.04. The lowest BCUT2D eigenvalue weighted by Crippen LogP contribution is -2.30. The van der Waals surface area contributed by atoms with Crippen LogP contribution in [0.15, 0.2) is 9.98 Å². The maximum absolute atomic E-state index is 9.61. The SMILES string of the molecule is CC(O)(CN)c1ncc(Br)s1. The van der Waals surface area contributed by atoms with E-state index in [1.165, 1.54) is 11.3 Å². The van der Waals surface area contributed by atoms with Crippen molar-refractivity contribution in [2.24, 2.45) is 5.73 Å². The molecule has 0 aliphatic rings. The van der Waals surface area contributed by atoms with Gasteiger partial charge in [0.15, 0.2) is 0 Å². The van der Waals surface area contributed by atoms with E-state index in [4.69, 9.17) is 5.73 Å². The van der Waals surface area contributed by atoms with Gasteiger partial charge in [-0.1, -0.05) is 0 Å². The molecule has 1 unspecified atom stereocenters. The number of aromatic nitrogens is 1. The average Bonchev–Trinajstić information content (AvgIpc) is 2.36. The Morgan fingerprint density at radius 3 is 2.91 bits per heavy atom. The molecule has 11 heavy (non-hydrogen) atoms. The van der Waals surface area contributed by atoms with Gasteiger partial charge in [-0.3, -0.25) is 0 Å². The first-order valence-corrected chi connectivity index (χ1v) is 4.71. The van der Waals surface area contributed by atoms with Crippen LogP contribution in [-0.2, 0) is 5.60 Å². The van der Waals surface area contributed by atoms with Gasteiger partial charge in [0.25, 0.3) is 0 Å². The molecule has 0 amide bonds. The van der Waals surface area contributed by atoms with E-state index in [-0.39, 0.29) is 6.54 Å². The highest BCUT2D eigenvalue weighted by molar-refractivity contribution is 9.11.